The van der Waals surface area contributed by atoms with Gasteiger partial charge in [0.05, 0.1) is 17.9 Å². The van der Waals surface area contributed by atoms with Crippen molar-refractivity contribution in [1.82, 2.24) is 15.3 Å². The largest absolute Gasteiger partial charge is 0.383 e. The number of amides is 1. The zero-order valence-corrected chi connectivity index (χ0v) is 15.9. The van der Waals surface area contributed by atoms with Crippen molar-refractivity contribution < 1.29 is 9.53 Å². The number of benzene rings is 1. The number of hydrogen-bond acceptors (Lipinski definition) is 6. The predicted molar refractivity (Wildman–Crippen MR) is 103 cm³/mol. The summed E-state index contributed by atoms with van der Waals surface area (Å²) in [7, 11) is 1.67. The van der Waals surface area contributed by atoms with Crippen LogP contribution in [0.1, 0.15) is 20.3 Å². The normalized spacial score (nSPS) is 11.0. The summed E-state index contributed by atoms with van der Waals surface area (Å²) in [6, 6.07) is 7.84. The Hall–Kier alpha value is -1.86. The van der Waals surface area contributed by atoms with Crippen molar-refractivity contribution in [1.29, 1.82) is 0 Å². The van der Waals surface area contributed by atoms with Gasteiger partial charge in [-0.05, 0) is 24.5 Å². The van der Waals surface area contributed by atoms with Crippen LogP contribution in [0, 0.1) is 5.92 Å². The van der Waals surface area contributed by atoms with E-state index in [1.807, 2.05) is 24.3 Å². The highest BCUT2D eigenvalue weighted by Crippen LogP contribution is 2.24. The molecule has 0 saturated carbocycles. The fraction of sp³-hybridized carbons (Fsp3) is 0.500. The number of rotatable bonds is 10. The number of nitrogens with one attached hydrogen (secondary N) is 2. The summed E-state index contributed by atoms with van der Waals surface area (Å²) in [5.74, 6) is 1.67. The first kappa shape index (κ1) is 19.5. The minimum absolute atomic E-state index is 0.0105. The van der Waals surface area contributed by atoms with Crippen LogP contribution in [0.4, 0.5) is 5.82 Å². The molecule has 1 aromatic heterocycles. The van der Waals surface area contributed by atoms with E-state index < -0.39 is 0 Å². The lowest BCUT2D eigenvalue weighted by atomic mass is 10.1. The first-order chi connectivity index (χ1) is 12.1. The van der Waals surface area contributed by atoms with Crippen molar-refractivity contribution in [3.05, 3.63) is 24.3 Å². The van der Waals surface area contributed by atoms with Gasteiger partial charge in [0.1, 0.15) is 5.82 Å². The number of aromatic nitrogens is 2. The molecule has 7 heteroatoms. The van der Waals surface area contributed by atoms with Crippen molar-refractivity contribution >= 4 is 34.4 Å². The molecule has 136 valence electrons. The molecule has 0 aliphatic carbocycles. The number of fused-ring (bicyclic) bond motifs is 1. The van der Waals surface area contributed by atoms with E-state index in [-0.39, 0.29) is 5.91 Å². The van der Waals surface area contributed by atoms with Crippen LogP contribution in [0.3, 0.4) is 0 Å². The SMILES string of the molecule is COCCNc1nc(SCC(=O)NCCC(C)C)nc2ccccc12. The highest BCUT2D eigenvalue weighted by molar-refractivity contribution is 7.99. The van der Waals surface area contributed by atoms with E-state index in [1.165, 1.54) is 11.8 Å². The summed E-state index contributed by atoms with van der Waals surface area (Å²) in [4.78, 5) is 21.0. The van der Waals surface area contributed by atoms with Gasteiger partial charge in [0, 0.05) is 25.6 Å². The Labute approximate surface area is 153 Å². The highest BCUT2D eigenvalue weighted by Gasteiger charge is 2.10. The minimum Gasteiger partial charge on any atom is -0.383 e. The molecule has 2 N–H and O–H groups in total. The van der Waals surface area contributed by atoms with Gasteiger partial charge in [0.15, 0.2) is 5.16 Å². The second-order valence-corrected chi connectivity index (χ2v) is 7.06. The average molecular weight is 362 g/mol. The molecular weight excluding hydrogens is 336 g/mol. The van der Waals surface area contributed by atoms with Gasteiger partial charge in [-0.15, -0.1) is 0 Å². The molecule has 0 aliphatic heterocycles. The summed E-state index contributed by atoms with van der Waals surface area (Å²) in [6.07, 6.45) is 0.983. The third kappa shape index (κ3) is 6.51. The van der Waals surface area contributed by atoms with E-state index >= 15 is 0 Å². The molecular formula is C18H26N4O2S. The number of anilines is 1. The Morgan fingerprint density at radius 2 is 2.04 bits per heavy atom. The quantitative estimate of drug-likeness (QED) is 0.384. The fourth-order valence-electron chi connectivity index (χ4n) is 2.21. The Morgan fingerprint density at radius 1 is 1.24 bits per heavy atom. The molecule has 1 heterocycles. The number of carbonyl (C=O) groups is 1. The van der Waals surface area contributed by atoms with Crippen LogP contribution in [0.2, 0.25) is 0 Å². The molecule has 1 aromatic carbocycles. The number of carbonyl (C=O) groups excluding carboxylic acids is 1. The van der Waals surface area contributed by atoms with Crippen LogP contribution >= 0.6 is 11.8 Å². The fourth-order valence-corrected chi connectivity index (χ4v) is 2.89. The lowest BCUT2D eigenvalue weighted by molar-refractivity contribution is -0.118. The molecule has 2 rings (SSSR count). The molecule has 6 nitrogen and oxygen atoms in total. The number of ether oxygens (including phenoxy) is 1. The maximum absolute atomic E-state index is 11.9. The van der Waals surface area contributed by atoms with Gasteiger partial charge in [-0.2, -0.15) is 0 Å². The summed E-state index contributed by atoms with van der Waals surface area (Å²) in [5, 5.41) is 7.76. The molecule has 0 bridgehead atoms. The Morgan fingerprint density at radius 3 is 2.80 bits per heavy atom. The van der Waals surface area contributed by atoms with Crippen LogP contribution in [0.25, 0.3) is 10.9 Å². The smallest absolute Gasteiger partial charge is 0.230 e. The van der Waals surface area contributed by atoms with E-state index in [1.54, 1.807) is 7.11 Å². The number of para-hydroxylation sites is 1. The van der Waals surface area contributed by atoms with Crippen molar-refractivity contribution in [2.24, 2.45) is 5.92 Å². The van der Waals surface area contributed by atoms with E-state index in [9.17, 15) is 4.79 Å². The summed E-state index contributed by atoms with van der Waals surface area (Å²) >= 11 is 1.35. The lowest BCUT2D eigenvalue weighted by Crippen LogP contribution is -2.27. The van der Waals surface area contributed by atoms with E-state index in [0.29, 0.717) is 36.5 Å². The van der Waals surface area contributed by atoms with Crippen molar-refractivity contribution in [3.8, 4) is 0 Å². The van der Waals surface area contributed by atoms with Gasteiger partial charge in [0.2, 0.25) is 5.91 Å². The van der Waals surface area contributed by atoms with Gasteiger partial charge in [-0.25, -0.2) is 9.97 Å². The third-order valence-electron chi connectivity index (χ3n) is 3.56. The van der Waals surface area contributed by atoms with Gasteiger partial charge in [0.25, 0.3) is 0 Å². The summed E-state index contributed by atoms with van der Waals surface area (Å²) in [6.45, 7) is 6.25. The molecule has 2 aromatic rings. The molecule has 0 radical (unpaired) electrons. The number of methoxy groups -OCH3 is 1. The molecule has 0 fully saturated rings. The Kier molecular flexibility index (Phi) is 7.94. The Balaban J connectivity index is 2.01. The van der Waals surface area contributed by atoms with E-state index in [0.717, 1.165) is 23.1 Å². The van der Waals surface area contributed by atoms with Crippen molar-refractivity contribution in [2.45, 2.75) is 25.4 Å². The Bertz CT molecular complexity index is 694. The van der Waals surface area contributed by atoms with Crippen LogP contribution in [0.5, 0.6) is 0 Å². The third-order valence-corrected chi connectivity index (χ3v) is 4.40. The minimum atomic E-state index is 0.0105. The lowest BCUT2D eigenvalue weighted by Gasteiger charge is -2.10. The van der Waals surface area contributed by atoms with Crippen LogP contribution in [0.15, 0.2) is 29.4 Å². The molecule has 0 atom stereocenters. The molecule has 0 unspecified atom stereocenters. The van der Waals surface area contributed by atoms with Crippen LogP contribution in [-0.4, -0.2) is 48.4 Å². The molecule has 0 saturated heterocycles. The van der Waals surface area contributed by atoms with Crippen LogP contribution in [-0.2, 0) is 9.53 Å². The molecule has 25 heavy (non-hydrogen) atoms. The number of nitrogens with zero attached hydrogens (tertiary/aromatic N) is 2. The number of thioether (sulfide) groups is 1. The van der Waals surface area contributed by atoms with Crippen molar-refractivity contribution in [3.63, 3.8) is 0 Å². The topological polar surface area (TPSA) is 76.1 Å². The van der Waals surface area contributed by atoms with Crippen molar-refractivity contribution in [2.75, 3.05) is 37.9 Å². The van der Waals surface area contributed by atoms with E-state index in [2.05, 4.69) is 34.4 Å². The molecule has 1 amide bonds. The zero-order chi connectivity index (χ0) is 18.1. The van der Waals surface area contributed by atoms with Gasteiger partial charge in [-0.3, -0.25) is 4.79 Å². The second kappa shape index (κ2) is 10.2. The predicted octanol–water partition coefficient (Wildman–Crippen LogP) is 2.94. The van der Waals surface area contributed by atoms with E-state index in [4.69, 9.17) is 4.74 Å². The maximum Gasteiger partial charge on any atom is 0.230 e. The monoisotopic (exact) mass is 362 g/mol. The van der Waals surface area contributed by atoms with Gasteiger partial charge >= 0.3 is 0 Å². The average Bonchev–Trinajstić information content (AvgIpc) is 2.60. The summed E-state index contributed by atoms with van der Waals surface area (Å²) in [5.41, 5.74) is 0.861. The summed E-state index contributed by atoms with van der Waals surface area (Å²) < 4.78 is 5.08. The highest BCUT2D eigenvalue weighted by atomic mass is 32.2. The molecule has 0 spiro atoms. The zero-order valence-electron chi connectivity index (χ0n) is 15.0. The molecule has 0 aliphatic rings. The number of hydrogen-bond donors (Lipinski definition) is 2. The van der Waals surface area contributed by atoms with Gasteiger partial charge in [-0.1, -0.05) is 37.7 Å². The van der Waals surface area contributed by atoms with Gasteiger partial charge < -0.3 is 15.4 Å². The maximum atomic E-state index is 11.9. The second-order valence-electron chi connectivity index (χ2n) is 6.11. The first-order valence-corrected chi connectivity index (χ1v) is 9.47. The first-order valence-electron chi connectivity index (χ1n) is 8.49. The standard InChI is InChI=1S/C18H26N4O2S/c1-13(2)8-9-19-16(23)12-25-18-21-15-7-5-4-6-14(15)17(22-18)20-10-11-24-3/h4-7,13H,8-12H2,1-3H3,(H,19,23)(H,20,21,22). The van der Waals surface area contributed by atoms with Crippen LogP contribution < -0.4 is 10.6 Å².